The van der Waals surface area contributed by atoms with Gasteiger partial charge in [-0.15, -0.1) is 0 Å². The molecule has 6 heteroatoms. The van der Waals surface area contributed by atoms with Crippen LogP contribution in [0.5, 0.6) is 0 Å². The Morgan fingerprint density at radius 3 is 2.93 bits per heavy atom. The van der Waals surface area contributed by atoms with Crippen LogP contribution in [0.1, 0.15) is 38.5 Å². The molecule has 6 nitrogen and oxygen atoms in total. The van der Waals surface area contributed by atoms with Gasteiger partial charge in [-0.3, -0.25) is 14.2 Å². The van der Waals surface area contributed by atoms with E-state index in [0.717, 1.165) is 6.54 Å². The van der Waals surface area contributed by atoms with E-state index in [1.165, 1.54) is 49.8 Å². The summed E-state index contributed by atoms with van der Waals surface area (Å²) in [5.41, 5.74) is 0.607. The lowest BCUT2D eigenvalue weighted by Crippen LogP contribution is -2.51. The number of piperidine rings is 2. The van der Waals surface area contributed by atoms with E-state index in [0.29, 0.717) is 35.8 Å². The lowest BCUT2D eigenvalue weighted by Gasteiger charge is -2.44. The third-order valence-corrected chi connectivity index (χ3v) is 6.10. The molecular weight excluding hydrogens is 340 g/mol. The van der Waals surface area contributed by atoms with E-state index in [-0.39, 0.29) is 11.5 Å². The number of benzene rings is 1. The number of aromatic nitrogens is 2. The summed E-state index contributed by atoms with van der Waals surface area (Å²) in [7, 11) is 0. The largest absolute Gasteiger partial charge is 0.356 e. The van der Waals surface area contributed by atoms with Gasteiger partial charge in [0.15, 0.2) is 0 Å². The first-order chi connectivity index (χ1) is 13.2. The van der Waals surface area contributed by atoms with Gasteiger partial charge in [-0.25, -0.2) is 4.98 Å². The van der Waals surface area contributed by atoms with Gasteiger partial charge in [-0.2, -0.15) is 0 Å². The van der Waals surface area contributed by atoms with Crippen LogP contribution < -0.4 is 10.9 Å². The smallest absolute Gasteiger partial charge is 0.261 e. The van der Waals surface area contributed by atoms with Crippen molar-refractivity contribution < 1.29 is 4.79 Å². The fraction of sp³-hybridized carbons (Fsp3) is 0.571. The molecule has 4 rings (SSSR count). The molecular formula is C21H28N4O2. The quantitative estimate of drug-likeness (QED) is 0.878. The maximum Gasteiger partial charge on any atom is 0.261 e. The summed E-state index contributed by atoms with van der Waals surface area (Å²) in [5.74, 6) is 0.580. The monoisotopic (exact) mass is 368 g/mol. The van der Waals surface area contributed by atoms with E-state index in [2.05, 4.69) is 15.2 Å². The van der Waals surface area contributed by atoms with Crippen molar-refractivity contribution in [3.63, 3.8) is 0 Å². The van der Waals surface area contributed by atoms with Crippen molar-refractivity contribution in [2.75, 3.05) is 19.6 Å². The summed E-state index contributed by atoms with van der Waals surface area (Å²) in [6.07, 6.45) is 8.16. The Labute approximate surface area is 159 Å². The van der Waals surface area contributed by atoms with E-state index < -0.39 is 0 Å². The van der Waals surface area contributed by atoms with Crippen molar-refractivity contribution in [2.45, 2.75) is 51.1 Å². The molecule has 0 bridgehead atoms. The zero-order valence-corrected chi connectivity index (χ0v) is 15.8. The van der Waals surface area contributed by atoms with Gasteiger partial charge in [-0.1, -0.05) is 18.6 Å². The number of carbonyl (C=O) groups excluding carboxylic acids is 1. The highest BCUT2D eigenvalue weighted by atomic mass is 16.1. The molecule has 2 aliphatic heterocycles. The van der Waals surface area contributed by atoms with Crippen molar-refractivity contribution in [1.29, 1.82) is 0 Å². The molecule has 2 saturated heterocycles. The van der Waals surface area contributed by atoms with E-state index in [1.54, 1.807) is 12.4 Å². The Morgan fingerprint density at radius 2 is 2.00 bits per heavy atom. The van der Waals surface area contributed by atoms with Crippen LogP contribution in [-0.4, -0.2) is 46.0 Å². The van der Waals surface area contributed by atoms with Crippen LogP contribution in [0.15, 0.2) is 35.4 Å². The SMILES string of the molecule is O=C(CCn1cnc2ccccc2c1=O)NCC1CCCN2CCCCC12. The summed E-state index contributed by atoms with van der Waals surface area (Å²) < 4.78 is 1.53. The fourth-order valence-electron chi connectivity index (χ4n) is 4.64. The summed E-state index contributed by atoms with van der Waals surface area (Å²) in [6, 6.07) is 7.94. The average molecular weight is 368 g/mol. The molecule has 1 aromatic heterocycles. The number of rotatable bonds is 5. The third kappa shape index (κ3) is 4.05. The Bertz CT molecular complexity index is 861. The standard InChI is InChI=1S/C21H28N4O2/c26-20(22-14-16-6-5-12-24-11-4-3-9-19(16)24)10-13-25-15-23-18-8-2-1-7-17(18)21(25)27/h1-2,7-8,15-16,19H,3-6,9-14H2,(H,22,26). The molecule has 0 aliphatic carbocycles. The van der Waals surface area contributed by atoms with Gasteiger partial charge in [0.05, 0.1) is 17.2 Å². The zero-order chi connectivity index (χ0) is 18.6. The first kappa shape index (κ1) is 18.2. The second-order valence-electron chi connectivity index (χ2n) is 7.82. The molecule has 1 N–H and O–H groups in total. The van der Waals surface area contributed by atoms with E-state index in [1.807, 2.05) is 18.2 Å². The maximum absolute atomic E-state index is 12.5. The fourth-order valence-corrected chi connectivity index (χ4v) is 4.64. The Morgan fingerprint density at radius 1 is 1.15 bits per heavy atom. The van der Waals surface area contributed by atoms with E-state index >= 15 is 0 Å². The highest BCUT2D eigenvalue weighted by molar-refractivity contribution is 5.77. The number of hydrogen-bond donors (Lipinski definition) is 1. The first-order valence-electron chi connectivity index (χ1n) is 10.2. The van der Waals surface area contributed by atoms with Crippen molar-refractivity contribution in [3.05, 3.63) is 40.9 Å². The summed E-state index contributed by atoms with van der Waals surface area (Å²) >= 11 is 0. The average Bonchev–Trinajstić information content (AvgIpc) is 2.72. The predicted octanol–water partition coefficient (Wildman–Crippen LogP) is 2.17. The number of fused-ring (bicyclic) bond motifs is 2. The highest BCUT2D eigenvalue weighted by Gasteiger charge is 2.32. The van der Waals surface area contributed by atoms with Crippen molar-refractivity contribution >= 4 is 16.8 Å². The lowest BCUT2D eigenvalue weighted by atomic mass is 9.83. The van der Waals surface area contributed by atoms with Gasteiger partial charge in [0.1, 0.15) is 0 Å². The Hall–Kier alpha value is -2.21. The number of nitrogens with zero attached hydrogens (tertiary/aromatic N) is 3. The van der Waals surface area contributed by atoms with Gasteiger partial charge in [0.2, 0.25) is 5.91 Å². The van der Waals surface area contributed by atoms with Gasteiger partial charge >= 0.3 is 0 Å². The number of para-hydroxylation sites is 1. The van der Waals surface area contributed by atoms with Crippen LogP contribution in [0.25, 0.3) is 10.9 Å². The lowest BCUT2D eigenvalue weighted by molar-refractivity contribution is -0.121. The first-order valence-corrected chi connectivity index (χ1v) is 10.2. The molecule has 2 aliphatic rings. The molecule has 2 unspecified atom stereocenters. The number of carbonyl (C=O) groups is 1. The molecule has 144 valence electrons. The number of aryl methyl sites for hydroxylation is 1. The predicted molar refractivity (Wildman–Crippen MR) is 106 cm³/mol. The van der Waals surface area contributed by atoms with Gasteiger partial charge in [0, 0.05) is 25.6 Å². The van der Waals surface area contributed by atoms with Crippen molar-refractivity contribution in [2.24, 2.45) is 5.92 Å². The van der Waals surface area contributed by atoms with Crippen LogP contribution in [0.3, 0.4) is 0 Å². The van der Waals surface area contributed by atoms with Crippen LogP contribution in [0, 0.1) is 5.92 Å². The van der Waals surface area contributed by atoms with Gasteiger partial charge in [-0.05, 0) is 56.8 Å². The van der Waals surface area contributed by atoms with Crippen LogP contribution in [0.4, 0.5) is 0 Å². The number of nitrogens with one attached hydrogen (secondary N) is 1. The summed E-state index contributed by atoms with van der Waals surface area (Å²) in [4.78, 5) is 31.7. The molecule has 27 heavy (non-hydrogen) atoms. The normalized spacial score (nSPS) is 23.1. The van der Waals surface area contributed by atoms with Gasteiger partial charge in [0.25, 0.3) is 5.56 Å². The minimum atomic E-state index is -0.0847. The minimum Gasteiger partial charge on any atom is -0.356 e. The van der Waals surface area contributed by atoms with Crippen LogP contribution in [0.2, 0.25) is 0 Å². The van der Waals surface area contributed by atoms with E-state index in [9.17, 15) is 9.59 Å². The molecule has 1 aromatic carbocycles. The second-order valence-corrected chi connectivity index (χ2v) is 7.82. The highest BCUT2D eigenvalue weighted by Crippen LogP contribution is 2.30. The van der Waals surface area contributed by atoms with E-state index in [4.69, 9.17) is 0 Å². The summed E-state index contributed by atoms with van der Waals surface area (Å²) in [5, 5.41) is 3.71. The van der Waals surface area contributed by atoms with Crippen molar-refractivity contribution in [1.82, 2.24) is 19.8 Å². The number of amides is 1. The Balaban J connectivity index is 1.31. The second kappa shape index (κ2) is 8.21. The van der Waals surface area contributed by atoms with Crippen molar-refractivity contribution in [3.8, 4) is 0 Å². The third-order valence-electron chi connectivity index (χ3n) is 6.10. The molecule has 1 amide bonds. The van der Waals surface area contributed by atoms with Crippen LogP contribution >= 0.6 is 0 Å². The minimum absolute atomic E-state index is 0.0167. The molecule has 0 saturated carbocycles. The molecule has 0 radical (unpaired) electrons. The molecule has 2 fully saturated rings. The van der Waals surface area contributed by atoms with Gasteiger partial charge < -0.3 is 10.2 Å². The molecule has 2 aromatic rings. The molecule has 3 heterocycles. The topological polar surface area (TPSA) is 67.2 Å². The molecule has 0 spiro atoms. The zero-order valence-electron chi connectivity index (χ0n) is 15.8. The summed E-state index contributed by atoms with van der Waals surface area (Å²) in [6.45, 7) is 3.55. The van der Waals surface area contributed by atoms with Crippen LogP contribution in [-0.2, 0) is 11.3 Å². The Kier molecular flexibility index (Phi) is 5.53. The molecule has 2 atom stereocenters. The maximum atomic E-state index is 12.5. The number of hydrogen-bond acceptors (Lipinski definition) is 4.